The van der Waals surface area contributed by atoms with Gasteiger partial charge in [-0.2, -0.15) is 11.3 Å². The van der Waals surface area contributed by atoms with Gasteiger partial charge >= 0.3 is 6.03 Å². The minimum Gasteiger partial charge on any atom is -0.383 e. The summed E-state index contributed by atoms with van der Waals surface area (Å²) >= 11 is 3.34. The summed E-state index contributed by atoms with van der Waals surface area (Å²) in [6, 6.07) is 4.05. The van der Waals surface area contributed by atoms with Crippen LogP contribution in [0.3, 0.4) is 0 Å². The lowest BCUT2D eigenvalue weighted by molar-refractivity contribution is 0.196. The topological polar surface area (TPSA) is 50.4 Å². The number of hydrogen-bond donors (Lipinski definition) is 2. The molecule has 0 aliphatic rings. The molecule has 0 spiro atoms. The summed E-state index contributed by atoms with van der Waals surface area (Å²) in [5, 5.41) is 11.8. The zero-order valence-corrected chi connectivity index (χ0v) is 12.3. The SMILES string of the molecule is COCCNC(=O)NCc1cc(-c2ccsc2)cs1. The van der Waals surface area contributed by atoms with Gasteiger partial charge in [0.1, 0.15) is 0 Å². The van der Waals surface area contributed by atoms with E-state index < -0.39 is 0 Å². The quantitative estimate of drug-likeness (QED) is 0.805. The van der Waals surface area contributed by atoms with Crippen molar-refractivity contribution in [3.63, 3.8) is 0 Å². The normalized spacial score (nSPS) is 10.4. The molecule has 0 aliphatic carbocycles. The van der Waals surface area contributed by atoms with Crippen molar-refractivity contribution in [2.75, 3.05) is 20.3 Å². The van der Waals surface area contributed by atoms with Crippen LogP contribution in [0.4, 0.5) is 4.79 Å². The molecule has 2 amide bonds. The number of hydrogen-bond acceptors (Lipinski definition) is 4. The van der Waals surface area contributed by atoms with Crippen molar-refractivity contribution in [3.8, 4) is 11.1 Å². The van der Waals surface area contributed by atoms with E-state index in [1.54, 1.807) is 29.8 Å². The Bertz CT molecular complexity index is 508. The van der Waals surface area contributed by atoms with Gasteiger partial charge in [-0.05, 0) is 39.4 Å². The maximum absolute atomic E-state index is 11.5. The van der Waals surface area contributed by atoms with Gasteiger partial charge in [0, 0.05) is 18.5 Å². The second-order valence-electron chi connectivity index (χ2n) is 3.92. The largest absolute Gasteiger partial charge is 0.383 e. The Hall–Kier alpha value is -1.37. The lowest BCUT2D eigenvalue weighted by atomic mass is 10.2. The lowest BCUT2D eigenvalue weighted by Crippen LogP contribution is -2.36. The molecular formula is C13H16N2O2S2. The van der Waals surface area contributed by atoms with E-state index in [0.29, 0.717) is 19.7 Å². The van der Waals surface area contributed by atoms with Gasteiger partial charge in [0.25, 0.3) is 0 Å². The molecule has 0 bridgehead atoms. The Kier molecular flexibility index (Phi) is 5.38. The van der Waals surface area contributed by atoms with Gasteiger partial charge in [0.15, 0.2) is 0 Å². The Morgan fingerprint density at radius 2 is 2.21 bits per heavy atom. The molecule has 0 saturated heterocycles. The maximum atomic E-state index is 11.5. The smallest absolute Gasteiger partial charge is 0.315 e. The molecule has 0 unspecified atom stereocenters. The molecule has 2 rings (SSSR count). The predicted molar refractivity (Wildman–Crippen MR) is 79.7 cm³/mol. The molecule has 0 fully saturated rings. The Morgan fingerprint density at radius 3 is 2.95 bits per heavy atom. The average Bonchev–Trinajstić information content (AvgIpc) is 3.07. The minimum absolute atomic E-state index is 0.164. The van der Waals surface area contributed by atoms with Crippen molar-refractivity contribution >= 4 is 28.7 Å². The van der Waals surface area contributed by atoms with Gasteiger partial charge in [0.2, 0.25) is 0 Å². The van der Waals surface area contributed by atoms with E-state index in [1.807, 2.05) is 0 Å². The first-order valence-electron chi connectivity index (χ1n) is 5.90. The molecule has 0 aliphatic heterocycles. The molecule has 0 aromatic carbocycles. The number of methoxy groups -OCH3 is 1. The summed E-state index contributed by atoms with van der Waals surface area (Å²) in [4.78, 5) is 12.6. The fourth-order valence-electron chi connectivity index (χ4n) is 1.55. The van der Waals surface area contributed by atoms with Gasteiger partial charge in [-0.25, -0.2) is 4.79 Å². The standard InChI is InChI=1S/C13H16N2O2S2/c1-17-4-3-14-13(16)15-7-12-6-11(9-19-12)10-2-5-18-8-10/h2,5-6,8-9H,3-4,7H2,1H3,(H2,14,15,16). The summed E-state index contributed by atoms with van der Waals surface area (Å²) in [6.07, 6.45) is 0. The van der Waals surface area contributed by atoms with Crippen LogP contribution in [-0.2, 0) is 11.3 Å². The molecule has 2 heterocycles. The van der Waals surface area contributed by atoms with Crippen LogP contribution in [0.2, 0.25) is 0 Å². The molecule has 4 nitrogen and oxygen atoms in total. The highest BCUT2D eigenvalue weighted by molar-refractivity contribution is 7.10. The number of ether oxygens (including phenoxy) is 1. The van der Waals surface area contributed by atoms with Crippen LogP contribution in [0.15, 0.2) is 28.3 Å². The van der Waals surface area contributed by atoms with E-state index in [2.05, 4.69) is 38.9 Å². The zero-order valence-electron chi connectivity index (χ0n) is 10.6. The van der Waals surface area contributed by atoms with E-state index in [-0.39, 0.29) is 6.03 Å². The lowest BCUT2D eigenvalue weighted by Gasteiger charge is -2.05. The van der Waals surface area contributed by atoms with Crippen LogP contribution in [0, 0.1) is 0 Å². The Morgan fingerprint density at radius 1 is 1.32 bits per heavy atom. The van der Waals surface area contributed by atoms with Crippen LogP contribution < -0.4 is 10.6 Å². The molecule has 6 heteroatoms. The number of carbonyl (C=O) groups excluding carboxylic acids is 1. The number of urea groups is 1. The highest BCUT2D eigenvalue weighted by Gasteiger charge is 2.04. The summed E-state index contributed by atoms with van der Waals surface area (Å²) in [6.45, 7) is 1.59. The van der Waals surface area contributed by atoms with E-state index in [9.17, 15) is 4.79 Å². The first-order valence-corrected chi connectivity index (χ1v) is 7.72. The highest BCUT2D eigenvalue weighted by Crippen LogP contribution is 2.27. The second kappa shape index (κ2) is 7.28. The van der Waals surface area contributed by atoms with Crippen molar-refractivity contribution in [2.45, 2.75) is 6.54 Å². The predicted octanol–water partition coefficient (Wildman–Crippen LogP) is 2.92. The van der Waals surface area contributed by atoms with Gasteiger partial charge in [-0.15, -0.1) is 11.3 Å². The second-order valence-corrected chi connectivity index (χ2v) is 5.69. The van der Waals surface area contributed by atoms with E-state index in [0.717, 1.165) is 4.88 Å². The van der Waals surface area contributed by atoms with Crippen molar-refractivity contribution < 1.29 is 9.53 Å². The van der Waals surface area contributed by atoms with Gasteiger partial charge in [-0.3, -0.25) is 0 Å². The molecule has 19 heavy (non-hydrogen) atoms. The third-order valence-corrected chi connectivity index (χ3v) is 4.14. The minimum atomic E-state index is -0.164. The van der Waals surface area contributed by atoms with E-state index in [1.165, 1.54) is 11.1 Å². The molecule has 0 radical (unpaired) electrons. The average molecular weight is 296 g/mol. The van der Waals surface area contributed by atoms with Crippen LogP contribution in [0.1, 0.15) is 4.88 Å². The summed E-state index contributed by atoms with van der Waals surface area (Å²) in [5.41, 5.74) is 2.44. The number of carbonyl (C=O) groups is 1. The fraction of sp³-hybridized carbons (Fsp3) is 0.308. The fourth-order valence-corrected chi connectivity index (χ4v) is 3.05. The number of amides is 2. The Balaban J connectivity index is 1.79. The maximum Gasteiger partial charge on any atom is 0.315 e. The third kappa shape index (κ3) is 4.34. The molecule has 2 aromatic heterocycles. The van der Waals surface area contributed by atoms with Crippen LogP contribution >= 0.6 is 22.7 Å². The highest BCUT2D eigenvalue weighted by atomic mass is 32.1. The molecule has 0 atom stereocenters. The molecule has 102 valence electrons. The van der Waals surface area contributed by atoms with Crippen LogP contribution in [0.5, 0.6) is 0 Å². The molecular weight excluding hydrogens is 280 g/mol. The third-order valence-electron chi connectivity index (χ3n) is 2.52. The van der Waals surface area contributed by atoms with Crippen LogP contribution in [0.25, 0.3) is 11.1 Å². The number of thiophene rings is 2. The summed E-state index contributed by atoms with van der Waals surface area (Å²) in [5.74, 6) is 0. The summed E-state index contributed by atoms with van der Waals surface area (Å²) in [7, 11) is 1.61. The van der Waals surface area contributed by atoms with Gasteiger partial charge in [0.05, 0.1) is 13.2 Å². The first-order chi connectivity index (χ1) is 9.29. The van der Waals surface area contributed by atoms with Crippen molar-refractivity contribution in [2.24, 2.45) is 0 Å². The van der Waals surface area contributed by atoms with Crippen molar-refractivity contribution in [1.29, 1.82) is 0 Å². The van der Waals surface area contributed by atoms with Crippen molar-refractivity contribution in [1.82, 2.24) is 10.6 Å². The van der Waals surface area contributed by atoms with Gasteiger partial charge in [-0.1, -0.05) is 0 Å². The zero-order chi connectivity index (χ0) is 13.5. The van der Waals surface area contributed by atoms with Crippen LogP contribution in [-0.4, -0.2) is 26.3 Å². The summed E-state index contributed by atoms with van der Waals surface area (Å²) < 4.78 is 4.86. The number of nitrogens with one attached hydrogen (secondary N) is 2. The molecule has 2 aromatic rings. The van der Waals surface area contributed by atoms with E-state index >= 15 is 0 Å². The first kappa shape index (κ1) is 14.0. The van der Waals surface area contributed by atoms with E-state index in [4.69, 9.17) is 4.74 Å². The van der Waals surface area contributed by atoms with Gasteiger partial charge < -0.3 is 15.4 Å². The van der Waals surface area contributed by atoms with Crippen molar-refractivity contribution in [3.05, 3.63) is 33.2 Å². The molecule has 0 saturated carbocycles. The number of rotatable bonds is 6. The monoisotopic (exact) mass is 296 g/mol. The Labute approximate surface area is 120 Å². The molecule has 2 N–H and O–H groups in total.